The zero-order valence-electron chi connectivity index (χ0n) is 14.6. The molecule has 0 aliphatic rings. The van der Waals surface area contributed by atoms with Gasteiger partial charge in [0.1, 0.15) is 5.82 Å². The Hall–Kier alpha value is -3.33. The normalized spacial score (nSPS) is 11.6. The molecule has 0 saturated carbocycles. The van der Waals surface area contributed by atoms with Gasteiger partial charge in [-0.15, -0.1) is 5.10 Å². The number of halogens is 1. The van der Waals surface area contributed by atoms with E-state index in [4.69, 9.17) is 4.42 Å². The number of carbonyl (C=O) groups is 1. The topological polar surface area (TPSA) is 102 Å². The predicted octanol–water partition coefficient (Wildman–Crippen LogP) is 2.51. The lowest BCUT2D eigenvalue weighted by Gasteiger charge is -2.00. The molecule has 0 bridgehead atoms. The van der Waals surface area contributed by atoms with Crippen LogP contribution in [-0.4, -0.2) is 24.5 Å². The van der Waals surface area contributed by atoms with Crippen molar-refractivity contribution in [1.82, 2.24) is 15.5 Å². The fourth-order valence-corrected chi connectivity index (χ4v) is 3.40. The van der Waals surface area contributed by atoms with Gasteiger partial charge in [-0.3, -0.25) is 4.79 Å². The highest BCUT2D eigenvalue weighted by Gasteiger charge is 2.23. The third-order valence-electron chi connectivity index (χ3n) is 3.62. The summed E-state index contributed by atoms with van der Waals surface area (Å²) < 4.78 is 42.7. The van der Waals surface area contributed by atoms with E-state index in [1.807, 2.05) is 30.3 Å². The first-order valence-corrected chi connectivity index (χ1v) is 9.88. The van der Waals surface area contributed by atoms with Crippen molar-refractivity contribution in [3.8, 4) is 0 Å². The van der Waals surface area contributed by atoms with E-state index in [2.05, 4.69) is 15.5 Å². The van der Waals surface area contributed by atoms with Crippen molar-refractivity contribution in [3.63, 3.8) is 0 Å². The lowest BCUT2D eigenvalue weighted by Crippen LogP contribution is -2.20. The molecule has 0 saturated heterocycles. The lowest BCUT2D eigenvalue weighted by molar-refractivity contribution is -0.116. The van der Waals surface area contributed by atoms with Crippen LogP contribution in [0.4, 0.5) is 4.39 Å². The maximum atomic E-state index is 12.9. The minimum Gasteiger partial charge on any atom is -0.411 e. The number of nitrogens with zero attached hydrogens (tertiary/aromatic N) is 2. The van der Waals surface area contributed by atoms with Crippen LogP contribution in [0.3, 0.4) is 0 Å². The predicted molar refractivity (Wildman–Crippen MR) is 98.9 cm³/mol. The van der Waals surface area contributed by atoms with Gasteiger partial charge in [-0.2, -0.15) is 0 Å². The summed E-state index contributed by atoms with van der Waals surface area (Å²) in [5.74, 6) is -1.30. The van der Waals surface area contributed by atoms with Crippen LogP contribution in [0.25, 0.3) is 6.08 Å². The van der Waals surface area contributed by atoms with Crippen LogP contribution in [0.15, 0.2) is 70.3 Å². The number of sulfone groups is 1. The summed E-state index contributed by atoms with van der Waals surface area (Å²) in [4.78, 5) is 11.8. The Morgan fingerprint density at radius 1 is 1.07 bits per heavy atom. The molecule has 3 rings (SSSR count). The lowest BCUT2D eigenvalue weighted by atomic mass is 10.2. The van der Waals surface area contributed by atoms with Crippen LogP contribution in [0.1, 0.15) is 17.0 Å². The first-order valence-electron chi connectivity index (χ1n) is 8.23. The summed E-state index contributed by atoms with van der Waals surface area (Å²) in [5.41, 5.74) is 1.25. The molecule has 144 valence electrons. The fraction of sp³-hybridized carbons (Fsp3) is 0.105. The maximum Gasteiger partial charge on any atom is 0.335 e. The summed E-state index contributed by atoms with van der Waals surface area (Å²) in [6.45, 7) is -0.114. The molecule has 28 heavy (non-hydrogen) atoms. The smallest absolute Gasteiger partial charge is 0.335 e. The third kappa shape index (κ3) is 5.34. The van der Waals surface area contributed by atoms with E-state index in [9.17, 15) is 17.6 Å². The summed E-state index contributed by atoms with van der Waals surface area (Å²) >= 11 is 0. The summed E-state index contributed by atoms with van der Waals surface area (Å²) in [7, 11) is -3.88. The van der Waals surface area contributed by atoms with Crippen LogP contribution >= 0.6 is 0 Å². The van der Waals surface area contributed by atoms with Gasteiger partial charge in [-0.1, -0.05) is 47.6 Å². The molecule has 0 aliphatic carbocycles. The monoisotopic (exact) mass is 401 g/mol. The SMILES string of the molecule is O=C(/C=C/c1ccccc1)NCc1nnc(S(=O)(=O)Cc2ccc(F)cc2)o1. The molecule has 0 fully saturated rings. The second kappa shape index (κ2) is 8.57. The molecule has 9 heteroatoms. The van der Waals surface area contributed by atoms with Gasteiger partial charge in [0.25, 0.3) is 0 Å². The highest BCUT2D eigenvalue weighted by Crippen LogP contribution is 2.15. The molecule has 0 aliphatic heterocycles. The molecule has 1 aromatic heterocycles. The summed E-state index contributed by atoms with van der Waals surface area (Å²) in [6.07, 6.45) is 2.99. The van der Waals surface area contributed by atoms with E-state index >= 15 is 0 Å². The first kappa shape index (κ1) is 19.4. The quantitative estimate of drug-likeness (QED) is 0.611. The van der Waals surface area contributed by atoms with E-state index < -0.39 is 32.5 Å². The number of benzene rings is 2. The minimum absolute atomic E-state index is 0.0425. The molecular formula is C19H16FN3O4S. The standard InChI is InChI=1S/C19H16FN3O4S/c20-16-9-6-15(7-10-16)13-28(25,26)19-23-22-18(27-19)12-21-17(24)11-8-14-4-2-1-3-5-14/h1-11H,12-13H2,(H,21,24)/b11-8+. The van der Waals surface area contributed by atoms with Crippen LogP contribution in [-0.2, 0) is 26.9 Å². The molecule has 0 radical (unpaired) electrons. The molecule has 3 aromatic rings. The Labute approximate surface area is 160 Å². The van der Waals surface area contributed by atoms with Gasteiger partial charge < -0.3 is 9.73 Å². The van der Waals surface area contributed by atoms with Crippen LogP contribution in [0.2, 0.25) is 0 Å². The number of rotatable bonds is 7. The Kier molecular flexibility index (Phi) is 5.95. The summed E-state index contributed by atoms with van der Waals surface area (Å²) in [5, 5.41) is 9.14. The van der Waals surface area contributed by atoms with Gasteiger partial charge in [0.15, 0.2) is 0 Å². The molecule has 0 atom stereocenters. The van der Waals surface area contributed by atoms with Crippen molar-refractivity contribution in [3.05, 3.63) is 83.5 Å². The number of nitrogens with one attached hydrogen (secondary N) is 1. The average Bonchev–Trinajstić information content (AvgIpc) is 3.17. The maximum absolute atomic E-state index is 12.9. The average molecular weight is 401 g/mol. The Morgan fingerprint density at radius 2 is 1.79 bits per heavy atom. The Balaban J connectivity index is 1.58. The largest absolute Gasteiger partial charge is 0.411 e. The number of carbonyl (C=O) groups excluding carboxylic acids is 1. The number of aromatic nitrogens is 2. The third-order valence-corrected chi connectivity index (χ3v) is 5.04. The van der Waals surface area contributed by atoms with E-state index in [1.165, 1.54) is 30.3 Å². The van der Waals surface area contributed by atoms with E-state index in [1.54, 1.807) is 6.08 Å². The minimum atomic E-state index is -3.88. The zero-order valence-corrected chi connectivity index (χ0v) is 15.4. The molecule has 7 nitrogen and oxygen atoms in total. The van der Waals surface area contributed by atoms with Crippen molar-refractivity contribution >= 4 is 21.8 Å². The van der Waals surface area contributed by atoms with Crippen molar-refractivity contribution in [2.24, 2.45) is 0 Å². The molecule has 0 unspecified atom stereocenters. The highest BCUT2D eigenvalue weighted by atomic mass is 32.2. The molecule has 1 amide bonds. The molecule has 1 heterocycles. The Morgan fingerprint density at radius 3 is 2.50 bits per heavy atom. The van der Waals surface area contributed by atoms with Gasteiger partial charge in [-0.25, -0.2) is 12.8 Å². The van der Waals surface area contributed by atoms with Crippen molar-refractivity contribution < 1.29 is 22.0 Å². The van der Waals surface area contributed by atoms with Crippen LogP contribution in [0.5, 0.6) is 0 Å². The molecular weight excluding hydrogens is 385 g/mol. The second-order valence-electron chi connectivity index (χ2n) is 5.81. The molecule has 1 N–H and O–H groups in total. The highest BCUT2D eigenvalue weighted by molar-refractivity contribution is 7.90. The van der Waals surface area contributed by atoms with Gasteiger partial charge in [0.2, 0.25) is 21.6 Å². The van der Waals surface area contributed by atoms with Gasteiger partial charge in [-0.05, 0) is 29.3 Å². The van der Waals surface area contributed by atoms with E-state index in [0.717, 1.165) is 5.56 Å². The first-order chi connectivity index (χ1) is 13.4. The van der Waals surface area contributed by atoms with Gasteiger partial charge >= 0.3 is 5.22 Å². The summed E-state index contributed by atoms with van der Waals surface area (Å²) in [6, 6.07) is 14.3. The van der Waals surface area contributed by atoms with Crippen molar-refractivity contribution in [1.29, 1.82) is 0 Å². The zero-order chi connectivity index (χ0) is 20.0. The van der Waals surface area contributed by atoms with E-state index in [-0.39, 0.29) is 12.4 Å². The van der Waals surface area contributed by atoms with Crippen LogP contribution < -0.4 is 5.32 Å². The second-order valence-corrected chi connectivity index (χ2v) is 7.68. The van der Waals surface area contributed by atoms with Crippen LogP contribution in [0, 0.1) is 5.82 Å². The molecule has 0 spiro atoms. The number of hydrogen-bond acceptors (Lipinski definition) is 6. The fourth-order valence-electron chi connectivity index (χ4n) is 2.25. The Bertz CT molecular complexity index is 1080. The number of hydrogen-bond donors (Lipinski definition) is 1. The van der Waals surface area contributed by atoms with Crippen molar-refractivity contribution in [2.45, 2.75) is 17.5 Å². The van der Waals surface area contributed by atoms with E-state index in [0.29, 0.717) is 5.56 Å². The van der Waals surface area contributed by atoms with Gasteiger partial charge in [0.05, 0.1) is 12.3 Å². The number of amides is 1. The van der Waals surface area contributed by atoms with Crippen molar-refractivity contribution in [2.75, 3.05) is 0 Å². The molecule has 2 aromatic carbocycles. The van der Waals surface area contributed by atoms with Gasteiger partial charge in [0, 0.05) is 6.08 Å².